The molecule has 0 aliphatic rings. The zero-order valence-corrected chi connectivity index (χ0v) is 10.4. The Morgan fingerprint density at radius 1 is 0.789 bits per heavy atom. The Labute approximate surface area is 112 Å². The van der Waals surface area contributed by atoms with E-state index in [0.29, 0.717) is 0 Å². The minimum absolute atomic E-state index is 0.832. The van der Waals surface area contributed by atoms with E-state index in [1.54, 1.807) is 6.20 Å². The highest BCUT2D eigenvalue weighted by Gasteiger charge is 2.10. The van der Waals surface area contributed by atoms with Crippen LogP contribution in [0, 0.1) is 0 Å². The van der Waals surface area contributed by atoms with Gasteiger partial charge in [-0.2, -0.15) is 4.57 Å². The van der Waals surface area contributed by atoms with Gasteiger partial charge in [0.2, 0.25) is 5.82 Å². The monoisotopic (exact) mass is 248 g/mol. The van der Waals surface area contributed by atoms with E-state index >= 15 is 0 Å². The summed E-state index contributed by atoms with van der Waals surface area (Å²) in [4.78, 5) is 4.28. The number of rotatable bonds is 3. The molecule has 1 aromatic carbocycles. The molecule has 0 amide bonds. The SMILES string of the molecule is c1ccc(-[n+]2ccccc2Nc2ccccn2)cc1. The average molecular weight is 248 g/mol. The van der Waals surface area contributed by atoms with Crippen molar-refractivity contribution < 1.29 is 4.57 Å². The Bertz CT molecular complexity index is 651. The third kappa shape index (κ3) is 2.60. The van der Waals surface area contributed by atoms with Crippen LogP contribution in [0.5, 0.6) is 0 Å². The van der Waals surface area contributed by atoms with Crippen LogP contribution >= 0.6 is 0 Å². The number of pyridine rings is 2. The van der Waals surface area contributed by atoms with Gasteiger partial charge in [-0.15, -0.1) is 0 Å². The van der Waals surface area contributed by atoms with Crippen LogP contribution in [0.3, 0.4) is 0 Å². The molecular weight excluding hydrogens is 234 g/mol. The van der Waals surface area contributed by atoms with Gasteiger partial charge in [0.25, 0.3) is 5.82 Å². The molecule has 19 heavy (non-hydrogen) atoms. The van der Waals surface area contributed by atoms with Crippen LogP contribution in [0.4, 0.5) is 11.6 Å². The summed E-state index contributed by atoms with van der Waals surface area (Å²) in [6, 6.07) is 22.1. The maximum absolute atomic E-state index is 4.28. The van der Waals surface area contributed by atoms with Crippen molar-refractivity contribution in [2.75, 3.05) is 5.32 Å². The van der Waals surface area contributed by atoms with Crippen molar-refractivity contribution in [1.29, 1.82) is 0 Å². The number of nitrogens with zero attached hydrogens (tertiary/aromatic N) is 2. The molecule has 1 N–H and O–H groups in total. The van der Waals surface area contributed by atoms with Crippen molar-refractivity contribution in [1.82, 2.24) is 4.98 Å². The lowest BCUT2D eigenvalue weighted by atomic mass is 10.3. The van der Waals surface area contributed by atoms with E-state index in [1.807, 2.05) is 60.8 Å². The molecule has 0 saturated carbocycles. The predicted octanol–water partition coefficient (Wildman–Crippen LogP) is 3.10. The zero-order valence-electron chi connectivity index (χ0n) is 10.4. The lowest BCUT2D eigenvalue weighted by Crippen LogP contribution is -2.33. The second-order valence-corrected chi connectivity index (χ2v) is 4.13. The molecule has 0 aliphatic heterocycles. The molecule has 0 bridgehead atoms. The Balaban J connectivity index is 1.99. The number of anilines is 2. The van der Waals surface area contributed by atoms with Crippen molar-refractivity contribution in [2.24, 2.45) is 0 Å². The van der Waals surface area contributed by atoms with E-state index in [-0.39, 0.29) is 0 Å². The molecule has 0 fully saturated rings. The smallest absolute Gasteiger partial charge is 0.224 e. The summed E-state index contributed by atoms with van der Waals surface area (Å²) in [6.45, 7) is 0. The van der Waals surface area contributed by atoms with Crippen LogP contribution in [0.15, 0.2) is 79.1 Å². The van der Waals surface area contributed by atoms with Gasteiger partial charge in [0.15, 0.2) is 0 Å². The molecule has 0 atom stereocenters. The van der Waals surface area contributed by atoms with Gasteiger partial charge in [-0.3, -0.25) is 0 Å². The average Bonchev–Trinajstić information content (AvgIpc) is 2.50. The van der Waals surface area contributed by atoms with Crippen molar-refractivity contribution in [3.8, 4) is 5.69 Å². The summed E-state index contributed by atoms with van der Waals surface area (Å²) in [7, 11) is 0. The Morgan fingerprint density at radius 2 is 1.58 bits per heavy atom. The number of nitrogens with one attached hydrogen (secondary N) is 1. The fourth-order valence-electron chi connectivity index (χ4n) is 1.93. The molecule has 0 unspecified atom stereocenters. The Kier molecular flexibility index (Phi) is 3.19. The highest BCUT2D eigenvalue weighted by atomic mass is 15.1. The number of benzene rings is 1. The molecular formula is C16H14N3+. The van der Waals surface area contributed by atoms with Gasteiger partial charge >= 0.3 is 0 Å². The lowest BCUT2D eigenvalue weighted by molar-refractivity contribution is -0.580. The van der Waals surface area contributed by atoms with Gasteiger partial charge in [0.1, 0.15) is 5.69 Å². The van der Waals surface area contributed by atoms with Crippen LogP contribution < -0.4 is 9.88 Å². The molecule has 3 rings (SSSR count). The van der Waals surface area contributed by atoms with Crippen molar-refractivity contribution in [2.45, 2.75) is 0 Å². The normalized spacial score (nSPS) is 10.1. The van der Waals surface area contributed by atoms with Gasteiger partial charge in [0.05, 0.1) is 6.20 Å². The van der Waals surface area contributed by atoms with Crippen LogP contribution in [0.2, 0.25) is 0 Å². The number of hydrogen-bond donors (Lipinski definition) is 1. The van der Waals surface area contributed by atoms with E-state index < -0.39 is 0 Å². The van der Waals surface area contributed by atoms with Gasteiger partial charge < -0.3 is 0 Å². The van der Waals surface area contributed by atoms with E-state index in [4.69, 9.17) is 0 Å². The molecule has 2 aromatic heterocycles. The summed E-state index contributed by atoms with van der Waals surface area (Å²) in [5, 5.41) is 3.32. The molecule has 2 heterocycles. The van der Waals surface area contributed by atoms with E-state index in [0.717, 1.165) is 17.3 Å². The van der Waals surface area contributed by atoms with Gasteiger partial charge in [-0.05, 0) is 24.3 Å². The largest absolute Gasteiger partial charge is 0.285 e. The van der Waals surface area contributed by atoms with E-state index in [9.17, 15) is 0 Å². The third-order valence-corrected chi connectivity index (χ3v) is 2.82. The van der Waals surface area contributed by atoms with Gasteiger partial charge in [-0.25, -0.2) is 10.3 Å². The van der Waals surface area contributed by atoms with Crippen molar-refractivity contribution >= 4 is 11.6 Å². The second-order valence-electron chi connectivity index (χ2n) is 4.13. The van der Waals surface area contributed by atoms with Crippen LogP contribution in [-0.4, -0.2) is 4.98 Å². The Hall–Kier alpha value is -2.68. The first-order chi connectivity index (χ1) is 9.43. The Morgan fingerprint density at radius 3 is 2.37 bits per heavy atom. The molecule has 92 valence electrons. The van der Waals surface area contributed by atoms with Gasteiger partial charge in [0, 0.05) is 18.3 Å². The van der Waals surface area contributed by atoms with E-state index in [1.165, 1.54) is 0 Å². The fraction of sp³-hybridized carbons (Fsp3) is 0. The summed E-state index contributed by atoms with van der Waals surface area (Å²) < 4.78 is 2.09. The highest BCUT2D eigenvalue weighted by molar-refractivity contribution is 5.48. The highest BCUT2D eigenvalue weighted by Crippen LogP contribution is 2.11. The summed E-state index contributed by atoms with van der Waals surface area (Å²) >= 11 is 0. The molecule has 0 saturated heterocycles. The van der Waals surface area contributed by atoms with Crippen LogP contribution in [-0.2, 0) is 0 Å². The number of para-hydroxylation sites is 1. The van der Waals surface area contributed by atoms with Crippen LogP contribution in [0.1, 0.15) is 0 Å². The fourth-order valence-corrected chi connectivity index (χ4v) is 1.93. The van der Waals surface area contributed by atoms with Crippen LogP contribution in [0.25, 0.3) is 5.69 Å². The topological polar surface area (TPSA) is 28.8 Å². The quantitative estimate of drug-likeness (QED) is 0.721. The van der Waals surface area contributed by atoms with Crippen molar-refractivity contribution in [3.05, 3.63) is 79.1 Å². The first-order valence-corrected chi connectivity index (χ1v) is 6.18. The maximum Gasteiger partial charge on any atom is 0.285 e. The lowest BCUT2D eigenvalue weighted by Gasteiger charge is -2.05. The minimum atomic E-state index is 0.832. The molecule has 3 heteroatoms. The first kappa shape index (κ1) is 11.4. The summed E-state index contributed by atoms with van der Waals surface area (Å²) in [5.41, 5.74) is 1.11. The minimum Gasteiger partial charge on any atom is -0.224 e. The first-order valence-electron chi connectivity index (χ1n) is 6.18. The van der Waals surface area contributed by atoms with Crippen molar-refractivity contribution in [3.63, 3.8) is 0 Å². The maximum atomic E-state index is 4.28. The second kappa shape index (κ2) is 5.31. The molecule has 0 aliphatic carbocycles. The third-order valence-electron chi connectivity index (χ3n) is 2.82. The molecule has 3 aromatic rings. The van der Waals surface area contributed by atoms with Gasteiger partial charge in [-0.1, -0.05) is 30.3 Å². The zero-order chi connectivity index (χ0) is 12.9. The van der Waals surface area contributed by atoms with E-state index in [2.05, 4.69) is 27.0 Å². The summed E-state index contributed by atoms with van der Waals surface area (Å²) in [6.07, 6.45) is 3.80. The summed E-state index contributed by atoms with van der Waals surface area (Å²) in [5.74, 6) is 1.81. The molecule has 0 spiro atoms. The standard InChI is InChI=1S/C16H13N3/c1-2-8-14(9-3-1)19-13-7-5-11-16(19)18-15-10-4-6-12-17-15/h1-13H/p+1. The predicted molar refractivity (Wildman–Crippen MR) is 75.5 cm³/mol. The number of hydrogen-bond acceptors (Lipinski definition) is 2. The molecule has 0 radical (unpaired) electrons. The number of aromatic nitrogens is 2. The molecule has 3 nitrogen and oxygen atoms in total.